The lowest BCUT2D eigenvalue weighted by Crippen LogP contribution is -2.49. The van der Waals surface area contributed by atoms with Crippen LogP contribution in [-0.4, -0.2) is 42.3 Å². The second-order valence-corrected chi connectivity index (χ2v) is 7.31. The van der Waals surface area contributed by atoms with Crippen LogP contribution in [0.15, 0.2) is 0 Å². The van der Waals surface area contributed by atoms with Crippen LogP contribution in [0.1, 0.15) is 59.3 Å². The predicted octanol–water partition coefficient (Wildman–Crippen LogP) is 3.17. The maximum atomic E-state index is 12.1. The Morgan fingerprint density at radius 1 is 1.30 bits per heavy atom. The molecule has 1 atom stereocenters. The molecule has 1 unspecified atom stereocenters. The van der Waals surface area contributed by atoms with E-state index in [-0.39, 0.29) is 6.09 Å². The van der Waals surface area contributed by atoms with Crippen molar-refractivity contribution in [2.75, 3.05) is 19.6 Å². The predicted molar refractivity (Wildman–Crippen MR) is 80.8 cm³/mol. The molecule has 4 nitrogen and oxygen atoms in total. The number of carbonyl (C=O) groups excluding carboxylic acids is 1. The monoisotopic (exact) mass is 282 g/mol. The zero-order chi connectivity index (χ0) is 14.6. The number of nitrogens with zero attached hydrogens (tertiary/aromatic N) is 1. The van der Waals surface area contributed by atoms with E-state index in [0.717, 1.165) is 32.0 Å². The first-order valence-electron chi connectivity index (χ1n) is 8.15. The van der Waals surface area contributed by atoms with Crippen LogP contribution < -0.4 is 5.32 Å². The first-order chi connectivity index (χ1) is 9.44. The molecule has 0 spiro atoms. The molecule has 4 heteroatoms. The van der Waals surface area contributed by atoms with E-state index < -0.39 is 5.60 Å². The number of piperidine rings is 1. The third-order valence-corrected chi connectivity index (χ3v) is 3.99. The van der Waals surface area contributed by atoms with Crippen LogP contribution in [0.25, 0.3) is 0 Å². The zero-order valence-electron chi connectivity index (χ0n) is 13.3. The summed E-state index contributed by atoms with van der Waals surface area (Å²) in [6.45, 7) is 8.46. The highest BCUT2D eigenvalue weighted by atomic mass is 16.6. The second-order valence-electron chi connectivity index (χ2n) is 7.31. The van der Waals surface area contributed by atoms with Crippen LogP contribution in [0.3, 0.4) is 0 Å². The number of hydrogen-bond acceptors (Lipinski definition) is 3. The minimum Gasteiger partial charge on any atom is -0.444 e. The van der Waals surface area contributed by atoms with Gasteiger partial charge in [0.15, 0.2) is 0 Å². The summed E-state index contributed by atoms with van der Waals surface area (Å²) in [6.07, 6.45) is 7.60. The molecule has 20 heavy (non-hydrogen) atoms. The number of nitrogens with one attached hydrogen (secondary N) is 1. The van der Waals surface area contributed by atoms with Gasteiger partial charge in [-0.3, -0.25) is 0 Å². The van der Waals surface area contributed by atoms with Crippen LogP contribution in [0, 0.1) is 5.92 Å². The molecule has 1 amide bonds. The van der Waals surface area contributed by atoms with Gasteiger partial charge in [-0.2, -0.15) is 0 Å². The molecule has 1 saturated heterocycles. The fourth-order valence-electron chi connectivity index (χ4n) is 2.74. The second kappa shape index (κ2) is 6.79. The fraction of sp³-hybridized carbons (Fsp3) is 0.938. The Bertz CT molecular complexity index is 321. The quantitative estimate of drug-likeness (QED) is 0.788. The summed E-state index contributed by atoms with van der Waals surface area (Å²) in [5, 5.41) is 3.60. The first-order valence-corrected chi connectivity index (χ1v) is 8.15. The van der Waals surface area contributed by atoms with E-state index in [9.17, 15) is 4.79 Å². The largest absolute Gasteiger partial charge is 0.444 e. The maximum Gasteiger partial charge on any atom is 0.410 e. The van der Waals surface area contributed by atoms with Crippen LogP contribution in [0.2, 0.25) is 0 Å². The van der Waals surface area contributed by atoms with Gasteiger partial charge in [-0.15, -0.1) is 0 Å². The number of ether oxygens (including phenoxy) is 1. The molecule has 1 aliphatic carbocycles. The number of carbonyl (C=O) groups is 1. The number of amides is 1. The third kappa shape index (κ3) is 5.70. The standard InChI is InChI=1S/C16H30N2O2/c1-16(2,3)20-15(19)18-11-5-7-14(12-18)17-10-4-6-13-8-9-13/h13-14,17H,4-12H2,1-3H3. The van der Waals surface area contributed by atoms with E-state index >= 15 is 0 Å². The molecular formula is C16H30N2O2. The van der Waals surface area contributed by atoms with E-state index in [0.29, 0.717) is 6.04 Å². The van der Waals surface area contributed by atoms with Gasteiger partial charge in [0.25, 0.3) is 0 Å². The molecule has 1 saturated carbocycles. The Hall–Kier alpha value is -0.770. The summed E-state index contributed by atoms with van der Waals surface area (Å²) in [4.78, 5) is 13.9. The van der Waals surface area contributed by atoms with Crippen molar-refractivity contribution in [3.63, 3.8) is 0 Å². The average molecular weight is 282 g/mol. The Morgan fingerprint density at radius 3 is 2.70 bits per heavy atom. The SMILES string of the molecule is CC(C)(C)OC(=O)N1CCCC(NCCCC2CC2)C1. The highest BCUT2D eigenvalue weighted by Gasteiger charge is 2.27. The van der Waals surface area contributed by atoms with Gasteiger partial charge in [-0.25, -0.2) is 4.79 Å². The lowest BCUT2D eigenvalue weighted by atomic mass is 10.1. The number of likely N-dealkylation sites (tertiary alicyclic amines) is 1. The van der Waals surface area contributed by atoms with Gasteiger partial charge in [0.1, 0.15) is 5.60 Å². The summed E-state index contributed by atoms with van der Waals surface area (Å²) >= 11 is 0. The molecule has 2 aliphatic rings. The summed E-state index contributed by atoms with van der Waals surface area (Å²) < 4.78 is 5.45. The molecule has 0 radical (unpaired) electrons. The summed E-state index contributed by atoms with van der Waals surface area (Å²) in [7, 11) is 0. The normalized spacial score (nSPS) is 23.8. The van der Waals surface area contributed by atoms with E-state index in [4.69, 9.17) is 4.74 Å². The Labute approximate surface area is 123 Å². The summed E-state index contributed by atoms with van der Waals surface area (Å²) in [5.41, 5.74) is -0.401. The molecule has 1 N–H and O–H groups in total. The minimum absolute atomic E-state index is 0.165. The molecule has 0 aromatic rings. The van der Waals surface area contributed by atoms with Crippen molar-refractivity contribution >= 4 is 6.09 Å². The van der Waals surface area contributed by atoms with Crippen molar-refractivity contribution < 1.29 is 9.53 Å². The van der Waals surface area contributed by atoms with Crippen molar-refractivity contribution in [3.8, 4) is 0 Å². The lowest BCUT2D eigenvalue weighted by molar-refractivity contribution is 0.0187. The van der Waals surface area contributed by atoms with Crippen LogP contribution >= 0.6 is 0 Å². The Morgan fingerprint density at radius 2 is 2.05 bits per heavy atom. The van der Waals surface area contributed by atoms with E-state index in [1.807, 2.05) is 25.7 Å². The average Bonchev–Trinajstić information content (AvgIpc) is 3.17. The van der Waals surface area contributed by atoms with Crippen molar-refractivity contribution in [1.82, 2.24) is 10.2 Å². The van der Waals surface area contributed by atoms with E-state index in [2.05, 4.69) is 5.32 Å². The highest BCUT2D eigenvalue weighted by Crippen LogP contribution is 2.33. The van der Waals surface area contributed by atoms with Crippen molar-refractivity contribution in [3.05, 3.63) is 0 Å². The van der Waals surface area contributed by atoms with E-state index in [1.165, 1.54) is 32.1 Å². The Kier molecular flexibility index (Phi) is 5.30. The van der Waals surface area contributed by atoms with Crippen LogP contribution in [0.5, 0.6) is 0 Å². The third-order valence-electron chi connectivity index (χ3n) is 3.99. The van der Waals surface area contributed by atoms with Crippen molar-refractivity contribution in [2.45, 2.75) is 70.9 Å². The molecule has 1 aliphatic heterocycles. The zero-order valence-corrected chi connectivity index (χ0v) is 13.3. The van der Waals surface area contributed by atoms with Gasteiger partial charge in [0.2, 0.25) is 0 Å². The molecule has 2 rings (SSSR count). The van der Waals surface area contributed by atoms with Gasteiger partial charge in [0.05, 0.1) is 0 Å². The van der Waals surface area contributed by atoms with Crippen molar-refractivity contribution in [1.29, 1.82) is 0 Å². The molecule has 0 bridgehead atoms. The summed E-state index contributed by atoms with van der Waals surface area (Å²) in [5.74, 6) is 1.02. The van der Waals surface area contributed by atoms with Crippen molar-refractivity contribution in [2.24, 2.45) is 5.92 Å². The number of hydrogen-bond donors (Lipinski definition) is 1. The highest BCUT2D eigenvalue weighted by molar-refractivity contribution is 5.68. The molecule has 116 valence electrons. The Balaban J connectivity index is 1.66. The molecule has 2 fully saturated rings. The number of rotatable bonds is 5. The molecule has 1 heterocycles. The summed E-state index contributed by atoms with van der Waals surface area (Å²) in [6, 6.07) is 0.440. The molecular weight excluding hydrogens is 252 g/mol. The first kappa shape index (κ1) is 15.6. The minimum atomic E-state index is -0.401. The van der Waals surface area contributed by atoms with Gasteiger partial charge >= 0.3 is 6.09 Å². The maximum absolute atomic E-state index is 12.1. The van der Waals surface area contributed by atoms with E-state index in [1.54, 1.807) is 0 Å². The smallest absolute Gasteiger partial charge is 0.410 e. The van der Waals surface area contributed by atoms with Crippen LogP contribution in [-0.2, 0) is 4.74 Å². The van der Waals surface area contributed by atoms with Gasteiger partial charge in [0, 0.05) is 19.1 Å². The fourth-order valence-corrected chi connectivity index (χ4v) is 2.74. The van der Waals surface area contributed by atoms with Gasteiger partial charge in [-0.05, 0) is 58.9 Å². The van der Waals surface area contributed by atoms with Crippen LogP contribution in [0.4, 0.5) is 4.79 Å². The van der Waals surface area contributed by atoms with Gasteiger partial charge < -0.3 is 15.0 Å². The van der Waals surface area contributed by atoms with Gasteiger partial charge in [-0.1, -0.05) is 12.8 Å². The molecule has 0 aromatic carbocycles. The molecule has 0 aromatic heterocycles. The topological polar surface area (TPSA) is 41.6 Å². The lowest BCUT2D eigenvalue weighted by Gasteiger charge is -2.34.